The molecule has 0 nitrogen and oxygen atoms in total. The molecule has 0 bridgehead atoms. The molecule has 1 aliphatic heterocycles. The van der Waals surface area contributed by atoms with E-state index >= 15 is 0 Å². The molecule has 1 aliphatic carbocycles. The van der Waals surface area contributed by atoms with Gasteiger partial charge >= 0.3 is 0 Å². The Balaban J connectivity index is 2.17. The van der Waals surface area contributed by atoms with Crippen molar-refractivity contribution in [1.29, 1.82) is 0 Å². The summed E-state index contributed by atoms with van der Waals surface area (Å²) in [6.07, 6.45) is 19.2. The fourth-order valence-corrected chi connectivity index (χ4v) is 5.79. The van der Waals surface area contributed by atoms with Crippen LogP contribution < -0.4 is 0 Å². The van der Waals surface area contributed by atoms with Crippen molar-refractivity contribution in [2.75, 3.05) is 0 Å². The quantitative estimate of drug-likeness (QED) is 0.496. The lowest BCUT2D eigenvalue weighted by Gasteiger charge is -2.50. The molecule has 23 heavy (non-hydrogen) atoms. The second kappa shape index (κ2) is 8.01. The van der Waals surface area contributed by atoms with E-state index in [0.29, 0.717) is 15.9 Å². The SMILES string of the molecule is BC1(C2(C)BC(C)(C)C(C)CCC2)CCCCCCCCCC1. The van der Waals surface area contributed by atoms with Gasteiger partial charge in [0, 0.05) is 0 Å². The molecule has 2 heteroatoms. The normalized spacial score (nSPS) is 36.3. The smallest absolute Gasteiger partial charge is 0.0667 e. The van der Waals surface area contributed by atoms with Crippen LogP contribution in [0, 0.1) is 5.92 Å². The lowest BCUT2D eigenvalue weighted by Crippen LogP contribution is -2.38. The highest BCUT2D eigenvalue weighted by Crippen LogP contribution is 2.63. The molecular weight excluding hydrogens is 274 g/mol. The minimum Gasteiger partial charge on any atom is -0.0667 e. The Bertz CT molecular complexity index is 351. The van der Waals surface area contributed by atoms with E-state index in [2.05, 4.69) is 35.5 Å². The lowest BCUT2D eigenvalue weighted by atomic mass is 9.28. The van der Waals surface area contributed by atoms with E-state index in [-0.39, 0.29) is 0 Å². The molecule has 2 rings (SSSR count). The summed E-state index contributed by atoms with van der Waals surface area (Å²) in [7, 11) is 4.12. The summed E-state index contributed by atoms with van der Waals surface area (Å²) in [6, 6.07) is 0. The van der Waals surface area contributed by atoms with Crippen LogP contribution in [0.5, 0.6) is 0 Å². The van der Waals surface area contributed by atoms with Crippen molar-refractivity contribution in [3.05, 3.63) is 0 Å². The van der Waals surface area contributed by atoms with E-state index in [1.54, 1.807) is 0 Å². The molecule has 132 valence electrons. The zero-order valence-electron chi connectivity index (χ0n) is 17.0. The van der Waals surface area contributed by atoms with E-state index in [0.717, 1.165) is 5.92 Å². The number of hydrogen-bond donors (Lipinski definition) is 0. The topological polar surface area (TPSA) is 0 Å². The number of hydrogen-bond acceptors (Lipinski definition) is 0. The molecule has 0 spiro atoms. The van der Waals surface area contributed by atoms with Gasteiger partial charge in [-0.15, -0.1) is 0 Å². The zero-order valence-corrected chi connectivity index (χ0v) is 17.0. The fraction of sp³-hybridized carbons (Fsp3) is 1.00. The molecule has 2 aliphatic rings. The van der Waals surface area contributed by atoms with Gasteiger partial charge in [-0.1, -0.05) is 127 Å². The molecule has 1 saturated heterocycles. The molecule has 2 atom stereocenters. The van der Waals surface area contributed by atoms with Crippen molar-refractivity contribution in [1.82, 2.24) is 0 Å². The minimum atomic E-state index is 0.514. The summed E-state index contributed by atoms with van der Waals surface area (Å²) in [4.78, 5) is 0. The predicted octanol–water partition coefficient (Wildman–Crippen LogP) is 6.33. The molecule has 0 amide bonds. The summed E-state index contributed by atoms with van der Waals surface area (Å²) in [5.41, 5.74) is 0. The van der Waals surface area contributed by atoms with Gasteiger partial charge in [0.2, 0.25) is 0 Å². The maximum absolute atomic E-state index is 2.68. The third-order valence-electron chi connectivity index (χ3n) is 8.21. The molecule has 0 aromatic heterocycles. The van der Waals surface area contributed by atoms with Crippen LogP contribution in [0.4, 0.5) is 0 Å². The fourth-order valence-electron chi connectivity index (χ4n) is 5.79. The molecule has 2 fully saturated rings. The van der Waals surface area contributed by atoms with Crippen molar-refractivity contribution in [3.63, 3.8) is 0 Å². The van der Waals surface area contributed by atoms with E-state index in [4.69, 9.17) is 0 Å². The first-order chi connectivity index (χ1) is 10.8. The maximum atomic E-state index is 2.68. The first-order valence-electron chi connectivity index (χ1n) is 10.8. The van der Waals surface area contributed by atoms with Crippen LogP contribution >= 0.6 is 0 Å². The van der Waals surface area contributed by atoms with Crippen molar-refractivity contribution in [2.45, 2.75) is 127 Å². The summed E-state index contributed by atoms with van der Waals surface area (Å²) < 4.78 is 0. The van der Waals surface area contributed by atoms with Gasteiger partial charge in [-0.2, -0.15) is 0 Å². The van der Waals surface area contributed by atoms with Gasteiger partial charge in [0.05, 0.1) is 0 Å². The summed E-state index contributed by atoms with van der Waals surface area (Å²) >= 11 is 0. The molecule has 2 unspecified atom stereocenters. The first-order valence-corrected chi connectivity index (χ1v) is 10.8. The molecular formula is C21H42B2. The molecule has 0 aromatic carbocycles. The van der Waals surface area contributed by atoms with Gasteiger partial charge in [-0.05, 0) is 5.92 Å². The van der Waals surface area contributed by atoms with Crippen molar-refractivity contribution < 1.29 is 0 Å². The average molecular weight is 316 g/mol. The molecule has 1 heterocycles. The van der Waals surface area contributed by atoms with E-state index in [1.807, 2.05) is 0 Å². The maximum Gasteiger partial charge on any atom is 0.134 e. The first kappa shape index (κ1) is 19.5. The Morgan fingerprint density at radius 1 is 0.739 bits per heavy atom. The molecule has 0 N–H and O–H groups in total. The van der Waals surface area contributed by atoms with Gasteiger partial charge in [-0.3, -0.25) is 0 Å². The van der Waals surface area contributed by atoms with Crippen LogP contribution in [-0.2, 0) is 0 Å². The Morgan fingerprint density at radius 3 is 1.74 bits per heavy atom. The van der Waals surface area contributed by atoms with Gasteiger partial charge in [0.15, 0.2) is 0 Å². The highest BCUT2D eigenvalue weighted by molar-refractivity contribution is 6.47. The summed E-state index contributed by atoms with van der Waals surface area (Å²) in [6.45, 7) is 10.3. The van der Waals surface area contributed by atoms with E-state index in [9.17, 15) is 0 Å². The third-order valence-corrected chi connectivity index (χ3v) is 8.21. The molecule has 0 aromatic rings. The second-order valence-corrected chi connectivity index (χ2v) is 10.4. The highest BCUT2D eigenvalue weighted by Gasteiger charge is 2.48. The van der Waals surface area contributed by atoms with Crippen LogP contribution in [0.25, 0.3) is 0 Å². The lowest BCUT2D eigenvalue weighted by molar-refractivity contribution is 0.314. The van der Waals surface area contributed by atoms with Crippen LogP contribution in [0.15, 0.2) is 0 Å². The Labute approximate surface area is 148 Å². The predicted molar refractivity (Wildman–Crippen MR) is 110 cm³/mol. The Morgan fingerprint density at radius 2 is 1.22 bits per heavy atom. The van der Waals surface area contributed by atoms with Gasteiger partial charge in [-0.25, -0.2) is 0 Å². The van der Waals surface area contributed by atoms with Crippen molar-refractivity contribution in [3.8, 4) is 0 Å². The van der Waals surface area contributed by atoms with Crippen LogP contribution in [0.3, 0.4) is 0 Å². The highest BCUT2D eigenvalue weighted by atomic mass is 14.4. The van der Waals surface area contributed by atoms with Gasteiger partial charge < -0.3 is 0 Å². The summed E-state index contributed by atoms with van der Waals surface area (Å²) in [5, 5.41) is 1.63. The van der Waals surface area contributed by atoms with Crippen LogP contribution in [-0.4, -0.2) is 15.1 Å². The summed E-state index contributed by atoms with van der Waals surface area (Å²) in [5.74, 6) is 0.885. The van der Waals surface area contributed by atoms with E-state index < -0.39 is 0 Å². The Kier molecular flexibility index (Phi) is 6.77. The van der Waals surface area contributed by atoms with Crippen LogP contribution in [0.2, 0.25) is 15.9 Å². The van der Waals surface area contributed by atoms with Crippen molar-refractivity contribution in [2.24, 2.45) is 5.92 Å². The zero-order chi connectivity index (χ0) is 17.0. The second-order valence-electron chi connectivity index (χ2n) is 10.4. The van der Waals surface area contributed by atoms with Gasteiger partial charge in [0.1, 0.15) is 15.1 Å². The standard InChI is InChI=1S/C21H42B2/c1-18-14-13-15-20(4,23-19(18,2)3)21(22)16-11-9-7-5-6-8-10-12-17-21/h18,23H,5-17,22H2,1-4H3. The van der Waals surface area contributed by atoms with Crippen LogP contribution in [0.1, 0.15) is 111 Å². The largest absolute Gasteiger partial charge is 0.134 e. The van der Waals surface area contributed by atoms with Gasteiger partial charge in [0.25, 0.3) is 0 Å². The Hall–Kier alpha value is 0.130. The monoisotopic (exact) mass is 316 g/mol. The number of rotatable bonds is 1. The average Bonchev–Trinajstić information content (AvgIpc) is 2.61. The molecule has 0 radical (unpaired) electrons. The molecule has 1 saturated carbocycles. The minimum absolute atomic E-state index is 0.514. The third kappa shape index (κ3) is 4.82. The van der Waals surface area contributed by atoms with Crippen molar-refractivity contribution >= 4 is 15.1 Å². The van der Waals surface area contributed by atoms with E-state index in [1.165, 1.54) is 90.8 Å².